The van der Waals surface area contributed by atoms with Crippen LogP contribution in [-0.4, -0.2) is 25.7 Å². The van der Waals surface area contributed by atoms with Crippen LogP contribution in [0.25, 0.3) is 90.2 Å². The maximum absolute atomic E-state index is 5.18. The van der Waals surface area contributed by atoms with Crippen molar-refractivity contribution >= 4 is 29.0 Å². The van der Waals surface area contributed by atoms with Crippen molar-refractivity contribution in [3.05, 3.63) is 193 Å². The molecule has 0 saturated heterocycles. The molecule has 0 unspecified atom stereocenters. The van der Waals surface area contributed by atoms with Gasteiger partial charge in [-0.25, -0.2) is 19.9 Å². The van der Waals surface area contributed by atoms with E-state index in [2.05, 4.69) is 183 Å². The minimum atomic E-state index is -0.297. The molecule has 0 fully saturated rings. The first-order valence-corrected chi connectivity index (χ1v) is 20.0. The largest absolute Gasteiger partial charge is 0.293 e. The van der Waals surface area contributed by atoms with Crippen molar-refractivity contribution in [2.24, 2.45) is 4.99 Å². The van der Waals surface area contributed by atoms with Crippen molar-refractivity contribution in [3.8, 4) is 73.2 Å². The molecule has 0 atom stereocenters. The van der Waals surface area contributed by atoms with Gasteiger partial charge < -0.3 is 0 Å². The van der Waals surface area contributed by atoms with Gasteiger partial charge in [0.05, 0.1) is 11.2 Å². The van der Waals surface area contributed by atoms with Crippen LogP contribution in [0.2, 0.25) is 0 Å². The molecule has 5 nitrogen and oxygen atoms in total. The van der Waals surface area contributed by atoms with Crippen LogP contribution in [0.3, 0.4) is 0 Å². The fourth-order valence-corrected chi connectivity index (χ4v) is 8.69. The summed E-state index contributed by atoms with van der Waals surface area (Å²) in [6.45, 7) is 10.8. The van der Waals surface area contributed by atoms with Gasteiger partial charge in [0.15, 0.2) is 17.5 Å². The predicted octanol–water partition coefficient (Wildman–Crippen LogP) is 13.8. The molecule has 1 aliphatic rings. The Balaban J connectivity index is 1.12. The lowest BCUT2D eigenvalue weighted by molar-refractivity contribution is 0.660. The smallest absolute Gasteiger partial charge is 0.164 e. The standard InChI is InChI=1S/C54H41N5/c1-5-42-43-20-13-14-22-47(43)59(53(42)55-6-2)48-23-15-21-45-49(48)44-33-32-41(34-46(44)54(45,3)4)52-57-50(39-28-24-37(25-29-39)35-16-9-7-10-17-35)56-51(58-52)40-30-26-38(27-31-40)36-18-11-8-12-19-36/h5-34H,1H2,2-4H3/b55-6-. The van der Waals surface area contributed by atoms with Crippen molar-refractivity contribution in [1.82, 2.24) is 19.5 Å². The minimum Gasteiger partial charge on any atom is -0.293 e. The molecule has 0 saturated carbocycles. The van der Waals surface area contributed by atoms with Gasteiger partial charge in [0.25, 0.3) is 0 Å². The van der Waals surface area contributed by atoms with E-state index in [1.807, 2.05) is 31.3 Å². The van der Waals surface area contributed by atoms with E-state index in [0.717, 1.165) is 55.8 Å². The third-order valence-corrected chi connectivity index (χ3v) is 11.7. The molecule has 0 radical (unpaired) electrons. The molecule has 0 amide bonds. The highest BCUT2D eigenvalue weighted by Crippen LogP contribution is 2.53. The van der Waals surface area contributed by atoms with Crippen molar-refractivity contribution in [1.29, 1.82) is 0 Å². The molecule has 7 aromatic carbocycles. The van der Waals surface area contributed by atoms with E-state index in [1.54, 1.807) is 0 Å². The van der Waals surface area contributed by atoms with Gasteiger partial charge in [0.1, 0.15) is 5.82 Å². The van der Waals surface area contributed by atoms with E-state index in [4.69, 9.17) is 19.9 Å². The number of nitrogens with zero attached hydrogens (tertiary/aromatic N) is 5. The summed E-state index contributed by atoms with van der Waals surface area (Å²) in [6, 6.07) is 59.6. The van der Waals surface area contributed by atoms with E-state index >= 15 is 0 Å². The summed E-state index contributed by atoms with van der Waals surface area (Å²) in [5, 5.41) is 1.12. The molecule has 1 aliphatic carbocycles. The highest BCUT2D eigenvalue weighted by Gasteiger charge is 2.38. The van der Waals surface area contributed by atoms with Gasteiger partial charge in [-0.05, 0) is 64.1 Å². The Morgan fingerprint density at radius 3 is 1.61 bits per heavy atom. The second-order valence-corrected chi connectivity index (χ2v) is 15.5. The Morgan fingerprint density at radius 2 is 1.03 bits per heavy atom. The average molecular weight is 760 g/mol. The van der Waals surface area contributed by atoms with Crippen molar-refractivity contribution in [3.63, 3.8) is 0 Å². The number of hydrogen-bond acceptors (Lipinski definition) is 4. The molecule has 9 aromatic rings. The van der Waals surface area contributed by atoms with E-state index in [-0.39, 0.29) is 5.41 Å². The first kappa shape index (κ1) is 35.9. The zero-order valence-electron chi connectivity index (χ0n) is 33.3. The third-order valence-electron chi connectivity index (χ3n) is 11.7. The SMILES string of the molecule is C=Cc1c(/N=C\C)n(-c2cccc3c2-c2ccc(-c4nc(-c5ccc(-c6ccccc6)cc5)nc(-c5ccc(-c6ccccc6)cc5)n4)cc2C3(C)C)c2ccccc12. The van der Waals surface area contributed by atoms with Gasteiger partial charge in [-0.1, -0.05) is 178 Å². The van der Waals surface area contributed by atoms with Gasteiger partial charge in [0, 0.05) is 44.8 Å². The van der Waals surface area contributed by atoms with Crippen molar-refractivity contribution in [2.45, 2.75) is 26.2 Å². The monoisotopic (exact) mass is 759 g/mol. The summed E-state index contributed by atoms with van der Waals surface area (Å²) in [6.07, 6.45) is 3.78. The van der Waals surface area contributed by atoms with Gasteiger partial charge in [0.2, 0.25) is 0 Å². The molecule has 10 rings (SSSR count). The number of rotatable bonds is 8. The molecular formula is C54H41N5. The molecule has 0 aliphatic heterocycles. The lowest BCUT2D eigenvalue weighted by atomic mass is 9.82. The summed E-state index contributed by atoms with van der Waals surface area (Å²) in [5.41, 5.74) is 15.2. The lowest BCUT2D eigenvalue weighted by Gasteiger charge is -2.22. The number of aliphatic imine (C=N–C) groups is 1. The van der Waals surface area contributed by atoms with Crippen LogP contribution in [0.4, 0.5) is 5.82 Å². The number of para-hydroxylation sites is 1. The molecular weight excluding hydrogens is 719 g/mol. The molecule has 59 heavy (non-hydrogen) atoms. The quantitative estimate of drug-likeness (QED) is 0.145. The first-order valence-electron chi connectivity index (χ1n) is 20.0. The van der Waals surface area contributed by atoms with Gasteiger partial charge >= 0.3 is 0 Å². The summed E-state index contributed by atoms with van der Waals surface area (Å²) in [5.74, 6) is 2.76. The highest BCUT2D eigenvalue weighted by molar-refractivity contribution is 5.99. The zero-order chi connectivity index (χ0) is 40.1. The summed E-state index contributed by atoms with van der Waals surface area (Å²) in [7, 11) is 0. The van der Waals surface area contributed by atoms with Gasteiger partial charge in [-0.2, -0.15) is 0 Å². The molecule has 0 spiro atoms. The number of benzene rings is 7. The Bertz CT molecular complexity index is 2960. The highest BCUT2D eigenvalue weighted by atomic mass is 15.1. The van der Waals surface area contributed by atoms with Crippen LogP contribution in [0.1, 0.15) is 37.5 Å². The Morgan fingerprint density at radius 1 is 0.525 bits per heavy atom. The number of fused-ring (bicyclic) bond motifs is 4. The van der Waals surface area contributed by atoms with Crippen molar-refractivity contribution < 1.29 is 0 Å². The summed E-state index contributed by atoms with van der Waals surface area (Å²) in [4.78, 5) is 20.4. The van der Waals surface area contributed by atoms with E-state index < -0.39 is 0 Å². The lowest BCUT2D eigenvalue weighted by Crippen LogP contribution is -2.15. The Kier molecular flexibility index (Phi) is 8.80. The Labute approximate surface area is 344 Å². The average Bonchev–Trinajstić information content (AvgIpc) is 3.73. The molecule has 2 aromatic heterocycles. The van der Waals surface area contributed by atoms with Crippen molar-refractivity contribution in [2.75, 3.05) is 0 Å². The van der Waals surface area contributed by atoms with Crippen LogP contribution >= 0.6 is 0 Å². The van der Waals surface area contributed by atoms with Gasteiger partial charge in [-0.15, -0.1) is 0 Å². The summed E-state index contributed by atoms with van der Waals surface area (Å²) >= 11 is 0. The van der Waals surface area contributed by atoms with E-state index in [9.17, 15) is 0 Å². The predicted molar refractivity (Wildman–Crippen MR) is 245 cm³/mol. The second-order valence-electron chi connectivity index (χ2n) is 15.5. The first-order chi connectivity index (χ1) is 28.9. The number of aromatic nitrogens is 4. The molecule has 5 heteroatoms. The summed E-state index contributed by atoms with van der Waals surface area (Å²) < 4.78 is 2.29. The van der Waals surface area contributed by atoms with Crippen LogP contribution in [0.15, 0.2) is 181 Å². The normalized spacial score (nSPS) is 12.8. The zero-order valence-corrected chi connectivity index (χ0v) is 33.3. The fraction of sp³-hybridized carbons (Fsp3) is 0.0741. The maximum Gasteiger partial charge on any atom is 0.164 e. The molecule has 282 valence electrons. The fourth-order valence-electron chi connectivity index (χ4n) is 8.69. The van der Waals surface area contributed by atoms with E-state index in [1.165, 1.54) is 33.4 Å². The maximum atomic E-state index is 5.18. The van der Waals surface area contributed by atoms with Crippen LogP contribution in [0, 0.1) is 0 Å². The van der Waals surface area contributed by atoms with Crippen LogP contribution in [0.5, 0.6) is 0 Å². The van der Waals surface area contributed by atoms with Crippen LogP contribution < -0.4 is 0 Å². The minimum absolute atomic E-state index is 0.297. The third kappa shape index (κ3) is 6.10. The molecule has 0 N–H and O–H groups in total. The topological polar surface area (TPSA) is 56.0 Å². The Hall–Kier alpha value is -7.50. The number of hydrogen-bond donors (Lipinski definition) is 0. The van der Waals surface area contributed by atoms with E-state index in [0.29, 0.717) is 17.5 Å². The molecule has 2 heterocycles. The van der Waals surface area contributed by atoms with Crippen LogP contribution in [-0.2, 0) is 5.41 Å². The molecule has 0 bridgehead atoms. The van der Waals surface area contributed by atoms with Gasteiger partial charge in [-0.3, -0.25) is 4.57 Å². The second kappa shape index (κ2) is 14.5.